The van der Waals surface area contributed by atoms with Gasteiger partial charge in [0.25, 0.3) is 11.1 Å². The summed E-state index contributed by atoms with van der Waals surface area (Å²) >= 11 is 5.51. The van der Waals surface area contributed by atoms with E-state index in [-0.39, 0.29) is 16.4 Å². The largest absolute Gasteiger partial charge is 0.618 e. The molecular weight excluding hydrogens is 278 g/mol. The lowest BCUT2D eigenvalue weighted by atomic mass is 10.2. The van der Waals surface area contributed by atoms with Crippen molar-refractivity contribution >= 4 is 23.2 Å². The SMILES string of the molecule is O=C(Nc1ccc(F)c(F)c1)c1ccc(Cl)[n+]([O-])c1. The van der Waals surface area contributed by atoms with E-state index in [0.29, 0.717) is 4.73 Å². The summed E-state index contributed by atoms with van der Waals surface area (Å²) in [7, 11) is 0. The van der Waals surface area contributed by atoms with E-state index >= 15 is 0 Å². The number of rotatable bonds is 2. The molecular formula is C12H7ClF2N2O2. The fraction of sp³-hybridized carbons (Fsp3) is 0. The lowest BCUT2D eigenvalue weighted by Crippen LogP contribution is -2.29. The van der Waals surface area contributed by atoms with E-state index in [1.807, 2.05) is 0 Å². The highest BCUT2D eigenvalue weighted by Crippen LogP contribution is 2.14. The van der Waals surface area contributed by atoms with Gasteiger partial charge in [-0.15, -0.1) is 0 Å². The maximum absolute atomic E-state index is 13.0. The van der Waals surface area contributed by atoms with Gasteiger partial charge in [-0.1, -0.05) is 0 Å². The van der Waals surface area contributed by atoms with Crippen LogP contribution in [0.25, 0.3) is 0 Å². The Morgan fingerprint density at radius 3 is 2.58 bits per heavy atom. The minimum atomic E-state index is -1.08. The van der Waals surface area contributed by atoms with Crippen molar-refractivity contribution in [3.63, 3.8) is 0 Å². The van der Waals surface area contributed by atoms with Gasteiger partial charge in [0.05, 0.1) is 0 Å². The molecule has 0 aliphatic carbocycles. The predicted molar refractivity (Wildman–Crippen MR) is 64.7 cm³/mol. The maximum atomic E-state index is 13.0. The minimum Gasteiger partial charge on any atom is -0.618 e. The van der Waals surface area contributed by atoms with Crippen molar-refractivity contribution in [3.05, 3.63) is 64.1 Å². The van der Waals surface area contributed by atoms with Crippen molar-refractivity contribution in [3.8, 4) is 0 Å². The van der Waals surface area contributed by atoms with Crippen LogP contribution in [-0.2, 0) is 0 Å². The smallest absolute Gasteiger partial charge is 0.286 e. The highest BCUT2D eigenvalue weighted by Gasteiger charge is 2.12. The van der Waals surface area contributed by atoms with Crippen LogP contribution in [0.5, 0.6) is 0 Å². The van der Waals surface area contributed by atoms with Crippen LogP contribution in [0.4, 0.5) is 14.5 Å². The highest BCUT2D eigenvalue weighted by molar-refractivity contribution is 6.28. The maximum Gasteiger partial charge on any atom is 0.286 e. The Bertz CT molecular complexity index is 650. The first-order valence-electron chi connectivity index (χ1n) is 5.12. The summed E-state index contributed by atoms with van der Waals surface area (Å²) in [5.41, 5.74) is 0.125. The molecule has 0 radical (unpaired) electrons. The van der Waals surface area contributed by atoms with Crippen LogP contribution in [0.1, 0.15) is 10.4 Å². The van der Waals surface area contributed by atoms with Crippen molar-refractivity contribution in [2.75, 3.05) is 5.32 Å². The first kappa shape index (κ1) is 13.2. The van der Waals surface area contributed by atoms with Crippen LogP contribution in [0.15, 0.2) is 36.5 Å². The first-order chi connectivity index (χ1) is 8.97. The molecule has 0 aliphatic heterocycles. The zero-order valence-corrected chi connectivity index (χ0v) is 10.1. The second-order valence-corrected chi connectivity index (χ2v) is 4.04. The number of anilines is 1. The molecule has 0 atom stereocenters. The summed E-state index contributed by atoms with van der Waals surface area (Å²) in [5.74, 6) is -2.72. The molecule has 98 valence electrons. The molecule has 1 aromatic heterocycles. The molecule has 0 spiro atoms. The van der Waals surface area contributed by atoms with Gasteiger partial charge in [-0.05, 0) is 29.8 Å². The second-order valence-electron chi connectivity index (χ2n) is 3.65. The molecule has 0 unspecified atom stereocenters. The van der Waals surface area contributed by atoms with Crippen LogP contribution >= 0.6 is 11.6 Å². The van der Waals surface area contributed by atoms with Gasteiger partial charge in [-0.3, -0.25) is 4.79 Å². The van der Waals surface area contributed by atoms with Gasteiger partial charge < -0.3 is 10.5 Å². The summed E-state index contributed by atoms with van der Waals surface area (Å²) < 4.78 is 26.0. The number of aromatic nitrogens is 1. The van der Waals surface area contributed by atoms with Gasteiger partial charge in [0, 0.05) is 17.8 Å². The second kappa shape index (κ2) is 5.19. The van der Waals surface area contributed by atoms with Crippen LogP contribution in [0, 0.1) is 16.8 Å². The fourth-order valence-electron chi connectivity index (χ4n) is 1.37. The standard InChI is InChI=1S/C12H7ClF2N2O2/c13-11-4-1-7(6-17(11)19)12(18)16-8-2-3-9(14)10(15)5-8/h1-6H,(H,16,18). The monoisotopic (exact) mass is 284 g/mol. The van der Waals surface area contributed by atoms with Gasteiger partial charge in [-0.25, -0.2) is 8.78 Å². The number of hydrogen-bond acceptors (Lipinski definition) is 2. The van der Waals surface area contributed by atoms with Crippen molar-refractivity contribution in [2.45, 2.75) is 0 Å². The molecule has 0 saturated heterocycles. The Hall–Kier alpha value is -2.21. The molecule has 0 saturated carbocycles. The third-order valence-corrected chi connectivity index (χ3v) is 2.60. The average Bonchev–Trinajstić information content (AvgIpc) is 2.37. The third kappa shape index (κ3) is 2.97. The molecule has 1 N–H and O–H groups in total. The van der Waals surface area contributed by atoms with Crippen LogP contribution in [0.2, 0.25) is 5.15 Å². The summed E-state index contributed by atoms with van der Waals surface area (Å²) in [6.07, 6.45) is 0.984. The number of benzene rings is 1. The topological polar surface area (TPSA) is 56.0 Å². The van der Waals surface area contributed by atoms with Gasteiger partial charge in [0.1, 0.15) is 5.56 Å². The Morgan fingerprint density at radius 2 is 1.95 bits per heavy atom. The number of nitrogens with zero attached hydrogens (tertiary/aromatic N) is 1. The molecule has 1 aromatic carbocycles. The Kier molecular flexibility index (Phi) is 3.62. The van der Waals surface area contributed by atoms with Crippen LogP contribution < -0.4 is 10.0 Å². The number of carbonyl (C=O) groups excluding carboxylic acids is 1. The van der Waals surface area contributed by atoms with Gasteiger partial charge in [0.15, 0.2) is 17.8 Å². The first-order valence-corrected chi connectivity index (χ1v) is 5.50. The van der Waals surface area contributed by atoms with Gasteiger partial charge >= 0.3 is 0 Å². The summed E-state index contributed by atoms with van der Waals surface area (Å²) in [6, 6.07) is 5.53. The molecule has 2 rings (SSSR count). The molecule has 0 fully saturated rings. The van der Waals surface area contributed by atoms with E-state index in [4.69, 9.17) is 11.6 Å². The molecule has 0 aliphatic rings. The predicted octanol–water partition coefficient (Wildman–Crippen LogP) is 2.50. The van der Waals surface area contributed by atoms with E-state index in [1.54, 1.807) is 0 Å². The summed E-state index contributed by atoms with van der Waals surface area (Å²) in [6.45, 7) is 0. The van der Waals surface area contributed by atoms with E-state index in [9.17, 15) is 18.8 Å². The average molecular weight is 285 g/mol. The quantitative estimate of drug-likeness (QED) is 0.523. The van der Waals surface area contributed by atoms with E-state index in [0.717, 1.165) is 18.3 Å². The lowest BCUT2D eigenvalue weighted by molar-refractivity contribution is -0.603. The zero-order chi connectivity index (χ0) is 14.0. The number of halogens is 3. The fourth-order valence-corrected chi connectivity index (χ4v) is 1.49. The highest BCUT2D eigenvalue weighted by atomic mass is 35.5. The lowest BCUT2D eigenvalue weighted by Gasteiger charge is -2.06. The van der Waals surface area contributed by atoms with Crippen LogP contribution in [-0.4, -0.2) is 5.91 Å². The molecule has 1 amide bonds. The van der Waals surface area contributed by atoms with Gasteiger partial charge in [0.2, 0.25) is 0 Å². The summed E-state index contributed by atoms with van der Waals surface area (Å²) in [4.78, 5) is 11.8. The normalized spacial score (nSPS) is 10.3. The van der Waals surface area contributed by atoms with E-state index in [2.05, 4.69) is 5.32 Å². The number of pyridine rings is 1. The van der Waals surface area contributed by atoms with Crippen molar-refractivity contribution in [1.82, 2.24) is 0 Å². The number of carbonyl (C=O) groups is 1. The molecule has 19 heavy (non-hydrogen) atoms. The molecule has 1 heterocycles. The number of nitrogens with one attached hydrogen (secondary N) is 1. The number of amides is 1. The molecule has 4 nitrogen and oxygen atoms in total. The number of hydrogen-bond donors (Lipinski definition) is 1. The van der Waals surface area contributed by atoms with Crippen LogP contribution in [0.3, 0.4) is 0 Å². The Morgan fingerprint density at radius 1 is 1.21 bits per heavy atom. The van der Waals surface area contributed by atoms with E-state index < -0.39 is 17.5 Å². The minimum absolute atomic E-state index is 0.0455. The Labute approximate surface area is 111 Å². The molecule has 2 aromatic rings. The summed E-state index contributed by atoms with van der Waals surface area (Å²) in [5, 5.41) is 13.4. The van der Waals surface area contributed by atoms with Gasteiger partial charge in [-0.2, -0.15) is 4.73 Å². The zero-order valence-electron chi connectivity index (χ0n) is 9.36. The van der Waals surface area contributed by atoms with Crippen molar-refractivity contribution in [1.29, 1.82) is 0 Å². The van der Waals surface area contributed by atoms with Crippen molar-refractivity contribution < 1.29 is 18.3 Å². The van der Waals surface area contributed by atoms with E-state index in [1.165, 1.54) is 18.2 Å². The Balaban J connectivity index is 2.20. The van der Waals surface area contributed by atoms with Crippen molar-refractivity contribution in [2.24, 2.45) is 0 Å². The molecule has 7 heteroatoms. The molecule has 0 bridgehead atoms. The third-order valence-electron chi connectivity index (χ3n) is 2.31.